The lowest BCUT2D eigenvalue weighted by molar-refractivity contribution is 0.923. The van der Waals surface area contributed by atoms with E-state index in [4.69, 9.17) is 0 Å². The van der Waals surface area contributed by atoms with Crippen LogP contribution >= 0.6 is 0 Å². The molecule has 0 aromatic heterocycles. The first-order valence-corrected chi connectivity index (χ1v) is 12.0. The molecule has 25 heavy (non-hydrogen) atoms. The maximum absolute atomic E-state index is 2.45. The summed E-state index contributed by atoms with van der Waals surface area (Å²) in [5.74, 6) is 0. The molecule has 0 N–H and O–H groups in total. The van der Waals surface area contributed by atoms with Gasteiger partial charge < -0.3 is 0 Å². The third kappa shape index (κ3) is 4.70. The minimum Gasteiger partial charge on any atom is -0.0651 e. The number of hydrogen-bond donors (Lipinski definition) is 0. The second kappa shape index (κ2) is 8.31. The normalized spacial score (nSPS) is 11.6. The summed E-state index contributed by atoms with van der Waals surface area (Å²) in [5, 5.41) is 0. The van der Waals surface area contributed by atoms with Gasteiger partial charge in [0.2, 0.25) is 0 Å². The summed E-state index contributed by atoms with van der Waals surface area (Å²) in [5.41, 5.74) is 5.22. The van der Waals surface area contributed by atoms with Gasteiger partial charge in [0.1, 0.15) is 0 Å². The molecule has 0 nitrogen and oxygen atoms in total. The van der Waals surface area contributed by atoms with Crippen molar-refractivity contribution in [2.45, 2.75) is 37.5 Å². The molecule has 0 aliphatic rings. The Morgan fingerprint density at radius 3 is 1.04 bits per heavy atom. The van der Waals surface area contributed by atoms with Gasteiger partial charge >= 0.3 is 0 Å². The van der Waals surface area contributed by atoms with E-state index in [-0.39, 0.29) is 0 Å². The Balaban J connectivity index is 1.97. The largest absolute Gasteiger partial charge is 0.0692 e. The van der Waals surface area contributed by atoms with Gasteiger partial charge in [-0.05, 0) is 18.1 Å². The van der Waals surface area contributed by atoms with Gasteiger partial charge in [-0.3, -0.25) is 0 Å². The lowest BCUT2D eigenvalue weighted by Gasteiger charge is -2.37. The van der Waals surface area contributed by atoms with E-state index >= 15 is 0 Å². The van der Waals surface area contributed by atoms with Crippen LogP contribution in [0.2, 0.25) is 5.54 Å². The van der Waals surface area contributed by atoms with Crippen molar-refractivity contribution >= 4 is 8.07 Å². The lowest BCUT2D eigenvalue weighted by atomic mass is 10.2. The Morgan fingerprint density at radius 2 is 0.800 bits per heavy atom. The van der Waals surface area contributed by atoms with E-state index in [1.165, 1.54) is 34.8 Å². The van der Waals surface area contributed by atoms with Gasteiger partial charge in [-0.2, -0.15) is 0 Å². The molecule has 0 bridgehead atoms. The first-order chi connectivity index (χ1) is 12.2. The van der Waals surface area contributed by atoms with Gasteiger partial charge in [0.05, 0.1) is 8.07 Å². The molecule has 0 amide bonds. The fourth-order valence-corrected chi connectivity index (χ4v) is 8.55. The molecule has 0 atom stereocenters. The van der Waals surface area contributed by atoms with Gasteiger partial charge in [0, 0.05) is 0 Å². The van der Waals surface area contributed by atoms with Crippen LogP contribution in [0.15, 0.2) is 91.0 Å². The van der Waals surface area contributed by atoms with Gasteiger partial charge in [-0.1, -0.05) is 127 Å². The summed E-state index contributed by atoms with van der Waals surface area (Å²) in [6.07, 6.45) is 0. The Hall–Kier alpha value is -2.12. The number of rotatable bonds is 7. The predicted molar refractivity (Wildman–Crippen MR) is 111 cm³/mol. The molecule has 128 valence electrons. The van der Waals surface area contributed by atoms with Gasteiger partial charge in [0.25, 0.3) is 0 Å². The summed E-state index contributed by atoms with van der Waals surface area (Å²) in [4.78, 5) is 0. The molecule has 3 aromatic rings. The van der Waals surface area contributed by atoms with Crippen LogP contribution in [0.25, 0.3) is 0 Å². The van der Waals surface area contributed by atoms with Crippen LogP contribution in [0.1, 0.15) is 30.5 Å². The van der Waals surface area contributed by atoms with Gasteiger partial charge in [0.15, 0.2) is 0 Å². The van der Waals surface area contributed by atoms with E-state index in [1.807, 2.05) is 0 Å². The summed E-state index contributed by atoms with van der Waals surface area (Å²) in [6, 6.07) is 37.0. The van der Waals surface area contributed by atoms with Crippen LogP contribution in [0, 0.1) is 0 Å². The molecule has 0 radical (unpaired) electrons. The van der Waals surface area contributed by atoms with Crippen molar-refractivity contribution in [2.24, 2.45) is 0 Å². The molecule has 0 fully saturated rings. The zero-order valence-corrected chi connectivity index (χ0v) is 16.4. The van der Waals surface area contributed by atoms with E-state index < -0.39 is 8.07 Å². The van der Waals surface area contributed by atoms with Crippen LogP contribution < -0.4 is 0 Å². The van der Waals surface area contributed by atoms with E-state index in [0.717, 1.165) is 5.54 Å². The van der Waals surface area contributed by atoms with Crippen molar-refractivity contribution in [3.8, 4) is 0 Å². The van der Waals surface area contributed by atoms with Crippen molar-refractivity contribution in [1.82, 2.24) is 0 Å². The van der Waals surface area contributed by atoms with Crippen molar-refractivity contribution in [3.63, 3.8) is 0 Å². The average molecular weight is 345 g/mol. The van der Waals surface area contributed by atoms with Crippen molar-refractivity contribution < 1.29 is 0 Å². The summed E-state index contributed by atoms with van der Waals surface area (Å²) >= 11 is 0. The van der Waals surface area contributed by atoms with E-state index in [0.29, 0.717) is 0 Å². The molecule has 0 aliphatic heterocycles. The molecule has 0 saturated carbocycles. The monoisotopic (exact) mass is 344 g/mol. The fourth-order valence-electron chi connectivity index (χ4n) is 3.81. The molecule has 0 saturated heterocycles. The van der Waals surface area contributed by atoms with Crippen molar-refractivity contribution in [3.05, 3.63) is 108 Å². The summed E-state index contributed by atoms with van der Waals surface area (Å²) in [6.45, 7) is 4.89. The summed E-state index contributed by atoms with van der Waals surface area (Å²) in [7, 11) is -1.60. The maximum Gasteiger partial charge on any atom is 0.0692 e. The second-order valence-electron chi connectivity index (χ2n) is 7.50. The van der Waals surface area contributed by atoms with Gasteiger partial charge in [-0.15, -0.1) is 0 Å². The topological polar surface area (TPSA) is 0 Å². The highest BCUT2D eigenvalue weighted by Crippen LogP contribution is 2.32. The fraction of sp³-hybridized carbons (Fsp3) is 0.250. The van der Waals surface area contributed by atoms with E-state index in [1.54, 1.807) is 0 Å². The minimum atomic E-state index is -1.60. The number of benzene rings is 3. The molecular formula is C24H28Si. The predicted octanol–water partition coefficient (Wildman–Crippen LogP) is 6.19. The Bertz CT molecular complexity index is 646. The van der Waals surface area contributed by atoms with Gasteiger partial charge in [-0.25, -0.2) is 0 Å². The highest BCUT2D eigenvalue weighted by Gasteiger charge is 2.36. The molecule has 0 aliphatic carbocycles. The molecule has 3 aromatic carbocycles. The van der Waals surface area contributed by atoms with Crippen molar-refractivity contribution in [2.75, 3.05) is 0 Å². The number of hydrogen-bond acceptors (Lipinski definition) is 0. The zero-order valence-electron chi connectivity index (χ0n) is 15.4. The SMILES string of the molecule is CC(C)[Si](Cc1ccccc1)(Cc1ccccc1)Cc1ccccc1. The molecule has 1 heteroatoms. The Labute approximate surface area is 153 Å². The molecule has 0 heterocycles. The Kier molecular flexibility index (Phi) is 5.88. The van der Waals surface area contributed by atoms with Crippen LogP contribution in [0.3, 0.4) is 0 Å². The van der Waals surface area contributed by atoms with E-state index in [9.17, 15) is 0 Å². The Morgan fingerprint density at radius 1 is 0.520 bits per heavy atom. The zero-order chi connectivity index (χ0) is 17.5. The van der Waals surface area contributed by atoms with Crippen molar-refractivity contribution in [1.29, 1.82) is 0 Å². The van der Waals surface area contributed by atoms with E-state index in [2.05, 4.69) is 105 Å². The van der Waals surface area contributed by atoms with Crippen LogP contribution in [0.4, 0.5) is 0 Å². The molecule has 3 rings (SSSR count). The van der Waals surface area contributed by atoms with Crippen LogP contribution in [-0.4, -0.2) is 8.07 Å². The highest BCUT2D eigenvalue weighted by molar-refractivity contribution is 6.79. The first kappa shape index (κ1) is 17.7. The standard InChI is InChI=1S/C24H28Si/c1-21(2)25(18-22-12-6-3-7-13-22,19-23-14-8-4-9-15-23)20-24-16-10-5-11-17-24/h3-17,21H,18-20H2,1-2H3. The van der Waals surface area contributed by atoms with Crippen LogP contribution in [0.5, 0.6) is 0 Å². The quantitative estimate of drug-likeness (QED) is 0.448. The minimum absolute atomic E-state index is 0.730. The molecule has 0 unspecified atom stereocenters. The smallest absolute Gasteiger partial charge is 0.0651 e. The maximum atomic E-state index is 2.45. The third-order valence-corrected chi connectivity index (χ3v) is 11.2. The third-order valence-electron chi connectivity index (χ3n) is 5.42. The molecular weight excluding hydrogens is 316 g/mol. The molecule has 0 spiro atoms. The highest BCUT2D eigenvalue weighted by atomic mass is 28.3. The van der Waals surface area contributed by atoms with Crippen LogP contribution in [-0.2, 0) is 18.1 Å². The lowest BCUT2D eigenvalue weighted by Crippen LogP contribution is -2.46. The first-order valence-electron chi connectivity index (χ1n) is 9.30. The second-order valence-corrected chi connectivity index (χ2v) is 12.4. The summed E-state index contributed by atoms with van der Waals surface area (Å²) < 4.78 is 0. The average Bonchev–Trinajstić information content (AvgIpc) is 2.64.